The van der Waals surface area contributed by atoms with E-state index < -0.39 is 0 Å². The number of imidazole rings is 1. The highest BCUT2D eigenvalue weighted by molar-refractivity contribution is 6.00. The molecule has 0 bridgehead atoms. The Morgan fingerprint density at radius 2 is 1.94 bits per heavy atom. The maximum absolute atomic E-state index is 12.5. The number of anilines is 1. The monoisotopic (exact) mass is 439 g/mol. The minimum absolute atomic E-state index is 0.000164. The van der Waals surface area contributed by atoms with Crippen LogP contribution in [0.25, 0.3) is 0 Å². The van der Waals surface area contributed by atoms with Gasteiger partial charge in [-0.2, -0.15) is 0 Å². The van der Waals surface area contributed by atoms with Crippen molar-refractivity contribution in [2.24, 2.45) is 5.92 Å². The summed E-state index contributed by atoms with van der Waals surface area (Å²) in [6, 6.07) is 7.09. The van der Waals surface area contributed by atoms with Gasteiger partial charge in [-0.1, -0.05) is 0 Å². The third-order valence-electron chi connectivity index (χ3n) is 5.92. The molecular weight excluding hydrogens is 410 g/mol. The number of carbonyl (C=O) groups is 3. The van der Waals surface area contributed by atoms with Crippen LogP contribution in [0.2, 0.25) is 0 Å². The average Bonchev–Trinajstić information content (AvgIpc) is 3.57. The molecule has 1 N–H and O–H groups in total. The molecule has 2 aromatic rings. The molecule has 4 rings (SSSR count). The standard InChI is InChI=1S/C23H29N5O4/c29-21-14-18(23(31)25-8-3-10-26-13-9-24-17-26)15-28(21)19-4-6-20(7-5-19)32-16-22(30)27-11-1-2-12-27/h4-7,9,13,17-18H,1-3,8,10-12,14-16H2,(H,25,31)/t18-/m0/s1. The number of ether oxygens (including phenoxy) is 1. The molecule has 9 heteroatoms. The van der Waals surface area contributed by atoms with Crippen molar-refractivity contribution in [3.05, 3.63) is 43.0 Å². The molecule has 2 aliphatic heterocycles. The van der Waals surface area contributed by atoms with E-state index >= 15 is 0 Å². The first-order chi connectivity index (χ1) is 15.6. The van der Waals surface area contributed by atoms with Crippen LogP contribution in [0.3, 0.4) is 0 Å². The first kappa shape index (κ1) is 21.9. The van der Waals surface area contributed by atoms with Gasteiger partial charge in [0.15, 0.2) is 6.61 Å². The highest BCUT2D eigenvalue weighted by Crippen LogP contribution is 2.27. The molecular formula is C23H29N5O4. The van der Waals surface area contributed by atoms with Crippen LogP contribution in [-0.2, 0) is 20.9 Å². The lowest BCUT2D eigenvalue weighted by atomic mass is 10.1. The van der Waals surface area contributed by atoms with E-state index in [1.54, 1.807) is 41.7 Å². The Hall–Kier alpha value is -3.36. The Kier molecular flexibility index (Phi) is 7.03. The summed E-state index contributed by atoms with van der Waals surface area (Å²) >= 11 is 0. The lowest BCUT2D eigenvalue weighted by Gasteiger charge is -2.18. The van der Waals surface area contributed by atoms with E-state index in [2.05, 4.69) is 10.3 Å². The van der Waals surface area contributed by atoms with Crippen molar-refractivity contribution >= 4 is 23.4 Å². The summed E-state index contributed by atoms with van der Waals surface area (Å²) in [6.07, 6.45) is 8.46. The third kappa shape index (κ3) is 5.46. The van der Waals surface area contributed by atoms with Crippen LogP contribution in [-0.4, -0.2) is 65.0 Å². The summed E-state index contributed by atoms with van der Waals surface area (Å²) in [5.41, 5.74) is 0.726. The largest absolute Gasteiger partial charge is 0.484 e. The zero-order chi connectivity index (χ0) is 22.3. The van der Waals surface area contributed by atoms with Crippen molar-refractivity contribution in [2.45, 2.75) is 32.2 Å². The van der Waals surface area contributed by atoms with Gasteiger partial charge in [0.2, 0.25) is 11.8 Å². The van der Waals surface area contributed by atoms with Gasteiger partial charge in [0, 0.05) is 57.2 Å². The maximum Gasteiger partial charge on any atom is 0.260 e. The minimum atomic E-state index is -0.357. The molecule has 0 unspecified atom stereocenters. The molecule has 3 amide bonds. The fourth-order valence-electron chi connectivity index (χ4n) is 4.09. The average molecular weight is 440 g/mol. The molecule has 2 fully saturated rings. The van der Waals surface area contributed by atoms with Crippen LogP contribution in [0.1, 0.15) is 25.7 Å². The van der Waals surface area contributed by atoms with Crippen molar-refractivity contribution in [3.8, 4) is 5.75 Å². The van der Waals surface area contributed by atoms with Crippen LogP contribution < -0.4 is 15.0 Å². The van der Waals surface area contributed by atoms with Gasteiger partial charge in [-0.25, -0.2) is 4.98 Å². The maximum atomic E-state index is 12.5. The topological polar surface area (TPSA) is 96.8 Å². The zero-order valence-corrected chi connectivity index (χ0v) is 18.1. The molecule has 2 aliphatic rings. The first-order valence-electron chi connectivity index (χ1n) is 11.1. The van der Waals surface area contributed by atoms with Gasteiger partial charge in [0.25, 0.3) is 5.91 Å². The second-order valence-electron chi connectivity index (χ2n) is 8.22. The van der Waals surface area contributed by atoms with Crippen molar-refractivity contribution in [2.75, 3.05) is 37.7 Å². The van der Waals surface area contributed by atoms with Gasteiger partial charge in [-0.3, -0.25) is 14.4 Å². The number of hydrogen-bond donors (Lipinski definition) is 1. The van der Waals surface area contributed by atoms with Gasteiger partial charge in [0.1, 0.15) is 5.75 Å². The predicted molar refractivity (Wildman–Crippen MR) is 118 cm³/mol. The van der Waals surface area contributed by atoms with Crippen molar-refractivity contribution in [3.63, 3.8) is 0 Å². The van der Waals surface area contributed by atoms with Crippen LogP contribution in [0, 0.1) is 5.92 Å². The molecule has 1 aromatic heterocycles. The molecule has 1 atom stereocenters. The molecule has 32 heavy (non-hydrogen) atoms. The Morgan fingerprint density at radius 3 is 2.66 bits per heavy atom. The number of aryl methyl sites for hydroxylation is 1. The van der Waals surface area contributed by atoms with Gasteiger partial charge in [0.05, 0.1) is 12.2 Å². The molecule has 170 valence electrons. The molecule has 0 saturated carbocycles. The molecule has 9 nitrogen and oxygen atoms in total. The second kappa shape index (κ2) is 10.3. The normalized spacial score (nSPS) is 18.2. The number of amides is 3. The predicted octanol–water partition coefficient (Wildman–Crippen LogP) is 1.44. The van der Waals surface area contributed by atoms with E-state index in [4.69, 9.17) is 4.74 Å². The minimum Gasteiger partial charge on any atom is -0.484 e. The molecule has 0 aliphatic carbocycles. The Bertz CT molecular complexity index is 922. The number of likely N-dealkylation sites (tertiary alicyclic amines) is 1. The van der Waals surface area contributed by atoms with E-state index in [1.807, 2.05) is 15.7 Å². The van der Waals surface area contributed by atoms with E-state index in [1.165, 1.54) is 0 Å². The fraction of sp³-hybridized carbons (Fsp3) is 0.478. The second-order valence-corrected chi connectivity index (χ2v) is 8.22. The lowest BCUT2D eigenvalue weighted by Crippen LogP contribution is -2.33. The van der Waals surface area contributed by atoms with Gasteiger partial charge in [-0.15, -0.1) is 0 Å². The summed E-state index contributed by atoms with van der Waals surface area (Å²) in [5.74, 6) is 0.0679. The summed E-state index contributed by atoms with van der Waals surface area (Å²) in [7, 11) is 0. The Balaban J connectivity index is 1.22. The molecule has 0 radical (unpaired) electrons. The number of rotatable bonds is 9. The van der Waals surface area contributed by atoms with Crippen molar-refractivity contribution in [1.29, 1.82) is 0 Å². The number of nitrogens with one attached hydrogen (secondary N) is 1. The Labute approximate surface area is 187 Å². The van der Waals surface area contributed by atoms with Crippen LogP contribution in [0.4, 0.5) is 5.69 Å². The third-order valence-corrected chi connectivity index (χ3v) is 5.92. The molecule has 0 spiro atoms. The van der Waals surface area contributed by atoms with Gasteiger partial charge in [-0.05, 0) is 43.5 Å². The van der Waals surface area contributed by atoms with E-state index in [9.17, 15) is 14.4 Å². The highest BCUT2D eigenvalue weighted by Gasteiger charge is 2.35. The Morgan fingerprint density at radius 1 is 1.16 bits per heavy atom. The number of aromatic nitrogens is 2. The number of benzene rings is 1. The van der Waals surface area contributed by atoms with Crippen molar-refractivity contribution < 1.29 is 19.1 Å². The van der Waals surface area contributed by atoms with Gasteiger partial charge >= 0.3 is 0 Å². The van der Waals surface area contributed by atoms with Crippen molar-refractivity contribution in [1.82, 2.24) is 19.8 Å². The van der Waals surface area contributed by atoms with Gasteiger partial charge < -0.3 is 24.4 Å². The smallest absolute Gasteiger partial charge is 0.260 e. The molecule has 3 heterocycles. The first-order valence-corrected chi connectivity index (χ1v) is 11.1. The fourth-order valence-corrected chi connectivity index (χ4v) is 4.09. The summed E-state index contributed by atoms with van der Waals surface area (Å²) < 4.78 is 7.56. The zero-order valence-electron chi connectivity index (χ0n) is 18.1. The summed E-state index contributed by atoms with van der Waals surface area (Å²) in [4.78, 5) is 44.5. The quantitative estimate of drug-likeness (QED) is 0.597. The van der Waals surface area contributed by atoms with Crippen LogP contribution >= 0.6 is 0 Å². The molecule has 2 saturated heterocycles. The van der Waals surface area contributed by atoms with Crippen LogP contribution in [0.5, 0.6) is 5.75 Å². The van der Waals surface area contributed by atoms with E-state index in [0.717, 1.165) is 44.6 Å². The molecule has 1 aromatic carbocycles. The van der Waals surface area contributed by atoms with Crippen LogP contribution in [0.15, 0.2) is 43.0 Å². The number of hydrogen-bond acceptors (Lipinski definition) is 5. The summed E-state index contributed by atoms with van der Waals surface area (Å²) in [5, 5.41) is 2.93. The lowest BCUT2D eigenvalue weighted by molar-refractivity contribution is -0.132. The summed E-state index contributed by atoms with van der Waals surface area (Å²) in [6.45, 7) is 3.33. The highest BCUT2D eigenvalue weighted by atomic mass is 16.5. The number of carbonyl (C=O) groups excluding carboxylic acids is 3. The van der Waals surface area contributed by atoms with E-state index in [-0.39, 0.29) is 36.7 Å². The SMILES string of the molecule is O=C(NCCCn1ccnc1)[C@H]1CC(=O)N(c2ccc(OCC(=O)N3CCCC3)cc2)C1. The van der Waals surface area contributed by atoms with E-state index in [0.29, 0.717) is 18.8 Å². The number of nitrogens with zero attached hydrogens (tertiary/aromatic N) is 4.